The summed E-state index contributed by atoms with van der Waals surface area (Å²) in [6.07, 6.45) is 2.52. The first-order chi connectivity index (χ1) is 11.8. The van der Waals surface area contributed by atoms with Gasteiger partial charge in [0.15, 0.2) is 6.19 Å². The predicted molar refractivity (Wildman–Crippen MR) is 92.1 cm³/mol. The number of benzene rings is 1. The highest BCUT2D eigenvalue weighted by Gasteiger charge is 2.29. The van der Waals surface area contributed by atoms with Crippen LogP contribution in [0.1, 0.15) is 6.42 Å². The molecule has 0 amide bonds. The van der Waals surface area contributed by atoms with Crippen LogP contribution in [0, 0.1) is 11.5 Å². The van der Waals surface area contributed by atoms with Crippen molar-refractivity contribution in [2.45, 2.75) is 25.8 Å². The van der Waals surface area contributed by atoms with Crippen molar-refractivity contribution < 1.29 is 16.8 Å². The van der Waals surface area contributed by atoms with Crippen molar-refractivity contribution >= 4 is 31.2 Å². The minimum atomic E-state index is -3.83. The molecule has 1 saturated heterocycles. The first kappa shape index (κ1) is 17.9. The number of rotatable bonds is 5. The Hall–Kier alpha value is -1.93. The van der Waals surface area contributed by atoms with Gasteiger partial charge in [0.05, 0.1) is 4.90 Å². The Morgan fingerprint density at radius 3 is 2.40 bits per heavy atom. The number of likely N-dealkylation sites (tertiary alicyclic amines) is 1. The summed E-state index contributed by atoms with van der Waals surface area (Å²) in [4.78, 5) is 1.60. The molecular formula is C15H15N3O4S3. The van der Waals surface area contributed by atoms with Crippen molar-refractivity contribution in [1.29, 1.82) is 5.26 Å². The van der Waals surface area contributed by atoms with Gasteiger partial charge in [-0.2, -0.15) is 5.26 Å². The van der Waals surface area contributed by atoms with E-state index >= 15 is 0 Å². The van der Waals surface area contributed by atoms with Crippen LogP contribution < -0.4 is 4.72 Å². The second kappa shape index (κ2) is 6.76. The summed E-state index contributed by atoms with van der Waals surface area (Å²) in [5, 5.41) is 8.83. The van der Waals surface area contributed by atoms with Crippen LogP contribution in [0.5, 0.6) is 0 Å². The van der Waals surface area contributed by atoms with Gasteiger partial charge < -0.3 is 4.90 Å². The topological polar surface area (TPSA) is 107 Å². The van der Waals surface area contributed by atoms with E-state index in [1.807, 2.05) is 6.19 Å². The van der Waals surface area contributed by atoms with Crippen molar-refractivity contribution in [1.82, 2.24) is 9.62 Å². The molecule has 2 aromatic rings. The smallest absolute Gasteiger partial charge is 0.250 e. The molecule has 1 aliphatic rings. The SMILES string of the molecule is N#CN1CC[C@@H](NS(=O)(=O)c2ccc(S(=O)(=O)c3ccccc3)s2)C1. The lowest BCUT2D eigenvalue weighted by Gasteiger charge is -2.11. The monoisotopic (exact) mass is 397 g/mol. The van der Waals surface area contributed by atoms with Crippen LogP contribution in [0.25, 0.3) is 0 Å². The van der Waals surface area contributed by atoms with Crippen LogP contribution in [0.4, 0.5) is 0 Å². The van der Waals surface area contributed by atoms with E-state index in [0.717, 1.165) is 0 Å². The van der Waals surface area contributed by atoms with Gasteiger partial charge in [-0.15, -0.1) is 11.3 Å². The molecule has 2 heterocycles. The summed E-state index contributed by atoms with van der Waals surface area (Å²) in [6.45, 7) is 0.817. The number of sulfonamides is 1. The molecule has 3 rings (SSSR count). The summed E-state index contributed by atoms with van der Waals surface area (Å²) in [5.74, 6) is 0. The number of nitriles is 1. The molecule has 25 heavy (non-hydrogen) atoms. The summed E-state index contributed by atoms with van der Waals surface area (Å²) in [7, 11) is -7.57. The van der Waals surface area contributed by atoms with Crippen LogP contribution in [0.3, 0.4) is 0 Å². The largest absolute Gasteiger partial charge is 0.309 e. The van der Waals surface area contributed by atoms with E-state index in [-0.39, 0.29) is 19.4 Å². The molecule has 1 atom stereocenters. The number of sulfone groups is 1. The van der Waals surface area contributed by atoms with E-state index in [1.54, 1.807) is 18.2 Å². The quantitative estimate of drug-likeness (QED) is 0.765. The number of thiophene rings is 1. The van der Waals surface area contributed by atoms with Crippen molar-refractivity contribution in [2.24, 2.45) is 0 Å². The fourth-order valence-corrected chi connectivity index (χ4v) is 7.00. The van der Waals surface area contributed by atoms with Gasteiger partial charge in [-0.1, -0.05) is 18.2 Å². The number of nitrogens with one attached hydrogen (secondary N) is 1. The maximum Gasteiger partial charge on any atom is 0.250 e. The van der Waals surface area contributed by atoms with Gasteiger partial charge in [0.25, 0.3) is 0 Å². The fourth-order valence-electron chi connectivity index (χ4n) is 2.53. The number of hydrogen-bond donors (Lipinski definition) is 1. The molecule has 0 radical (unpaired) electrons. The average Bonchev–Trinajstić information content (AvgIpc) is 3.25. The molecule has 0 unspecified atom stereocenters. The molecule has 0 aliphatic carbocycles. The third kappa shape index (κ3) is 3.69. The molecule has 1 aromatic carbocycles. The van der Waals surface area contributed by atoms with Crippen LogP contribution in [0.15, 0.2) is 55.8 Å². The molecule has 7 nitrogen and oxygen atoms in total. The molecule has 0 spiro atoms. The number of hydrogen-bond acceptors (Lipinski definition) is 7. The standard InChI is InChI=1S/C15H15N3O4S3/c16-11-18-9-8-12(10-18)17-25(21,22)15-7-6-14(23-15)24(19,20)13-4-2-1-3-5-13/h1-7,12,17H,8-10H2/t12-/m1/s1. The molecule has 132 valence electrons. The van der Waals surface area contributed by atoms with E-state index in [9.17, 15) is 16.8 Å². The maximum atomic E-state index is 12.6. The predicted octanol–water partition coefficient (Wildman–Crippen LogP) is 1.41. The lowest BCUT2D eigenvalue weighted by Crippen LogP contribution is -2.36. The highest BCUT2D eigenvalue weighted by molar-refractivity contribution is 7.95. The zero-order valence-corrected chi connectivity index (χ0v) is 15.4. The Balaban J connectivity index is 1.83. The molecule has 1 N–H and O–H groups in total. The molecule has 0 bridgehead atoms. The van der Waals surface area contributed by atoms with Gasteiger partial charge in [-0.05, 0) is 30.7 Å². The minimum absolute atomic E-state index is 0.0239. The number of nitrogens with zero attached hydrogens (tertiary/aromatic N) is 2. The summed E-state index contributed by atoms with van der Waals surface area (Å²) < 4.78 is 52.5. The van der Waals surface area contributed by atoms with Crippen molar-refractivity contribution in [3.8, 4) is 6.19 Å². The van der Waals surface area contributed by atoms with E-state index in [2.05, 4.69) is 4.72 Å². The van der Waals surface area contributed by atoms with Gasteiger partial charge in [0.1, 0.15) is 8.42 Å². The van der Waals surface area contributed by atoms with E-state index in [4.69, 9.17) is 5.26 Å². The Morgan fingerprint density at radius 2 is 1.76 bits per heavy atom. The maximum absolute atomic E-state index is 12.6. The van der Waals surface area contributed by atoms with Gasteiger partial charge in [-0.25, -0.2) is 21.6 Å². The first-order valence-electron chi connectivity index (χ1n) is 7.40. The summed E-state index contributed by atoms with van der Waals surface area (Å²) in [6, 6.07) is 10.1. The molecule has 10 heteroatoms. The molecule has 1 fully saturated rings. The lowest BCUT2D eigenvalue weighted by atomic mass is 10.3. The van der Waals surface area contributed by atoms with Crippen molar-refractivity contribution in [3.05, 3.63) is 42.5 Å². The van der Waals surface area contributed by atoms with Crippen molar-refractivity contribution in [3.63, 3.8) is 0 Å². The molecule has 0 saturated carbocycles. The third-order valence-corrected chi connectivity index (χ3v) is 9.15. The Kier molecular flexibility index (Phi) is 4.83. The van der Waals surface area contributed by atoms with Crippen LogP contribution in [-0.4, -0.2) is 40.9 Å². The van der Waals surface area contributed by atoms with Crippen LogP contribution >= 0.6 is 11.3 Å². The van der Waals surface area contributed by atoms with Crippen molar-refractivity contribution in [2.75, 3.05) is 13.1 Å². The highest BCUT2D eigenvalue weighted by atomic mass is 32.3. The van der Waals surface area contributed by atoms with Gasteiger partial charge in [-0.3, -0.25) is 0 Å². The van der Waals surface area contributed by atoms with E-state index in [0.29, 0.717) is 30.8 Å². The lowest BCUT2D eigenvalue weighted by molar-refractivity contribution is 0.470. The van der Waals surface area contributed by atoms with E-state index in [1.165, 1.54) is 29.2 Å². The summed E-state index contributed by atoms with van der Waals surface area (Å²) in [5.41, 5.74) is 0. The second-order valence-corrected chi connectivity index (χ2v) is 10.7. The first-order valence-corrected chi connectivity index (χ1v) is 11.2. The zero-order chi connectivity index (χ0) is 18.1. The normalized spacial score (nSPS) is 18.2. The Labute approximate surface area is 150 Å². The second-order valence-electron chi connectivity index (χ2n) is 5.54. The zero-order valence-electron chi connectivity index (χ0n) is 13.0. The van der Waals surface area contributed by atoms with Gasteiger partial charge in [0.2, 0.25) is 19.9 Å². The fraction of sp³-hybridized carbons (Fsp3) is 0.267. The Morgan fingerprint density at radius 1 is 1.08 bits per heavy atom. The molecule has 1 aromatic heterocycles. The summed E-state index contributed by atoms with van der Waals surface area (Å²) >= 11 is 0.714. The highest BCUT2D eigenvalue weighted by Crippen LogP contribution is 2.30. The van der Waals surface area contributed by atoms with Gasteiger partial charge in [0, 0.05) is 19.1 Å². The molecule has 1 aliphatic heterocycles. The van der Waals surface area contributed by atoms with Crippen LogP contribution in [-0.2, 0) is 19.9 Å². The van der Waals surface area contributed by atoms with E-state index < -0.39 is 19.9 Å². The van der Waals surface area contributed by atoms with Gasteiger partial charge >= 0.3 is 0 Å². The average molecular weight is 398 g/mol. The van der Waals surface area contributed by atoms with Crippen LogP contribution in [0.2, 0.25) is 0 Å². The minimum Gasteiger partial charge on any atom is -0.309 e. The molecular weight excluding hydrogens is 382 g/mol. The Bertz CT molecular complexity index is 1010. The third-order valence-electron chi connectivity index (χ3n) is 3.79.